The summed E-state index contributed by atoms with van der Waals surface area (Å²) in [6.45, 7) is 5.33. The van der Waals surface area contributed by atoms with Gasteiger partial charge >= 0.3 is 11.9 Å². The SMILES string of the molecule is CC(C)C[C@H](NC(=O)[C@H](CC(C)C)NC(=O)[C@H](Cc1c[nH]c2ccccc12)NC(=O)[C@H](CCC(N)=O)NC(=O)[C@@H](NC(=O)[C@H](Cc1ccccc1)NC(=O)[C@@H](N)CC(=O)O)C(C)C)C(=O)N[C@@H](CC(=O)O)C(=O)NCC(=O)NCC(=O)NCC(=O)N1CCC[C@H]1C(=O)N[C@@H](CO)C(=O)N[C@@H](CO)C(=O)NCC(=O)N[C@@H](C)C(=O)N1CCC[C@H]1C(=O)N1CCC[C@H]1C(=O)N1CCC[C@H]1C(=O)N[C@@H](CO)C(N)=O. The van der Waals surface area contributed by atoms with E-state index in [4.69, 9.17) is 17.2 Å². The molecule has 5 heterocycles. The number of H-pyrrole nitrogens is 1. The molecule has 0 bridgehead atoms. The number of aromatic amines is 1. The van der Waals surface area contributed by atoms with Crippen LogP contribution in [-0.4, -0.2) is 355 Å². The smallest absolute Gasteiger partial charge is 0.305 e. The normalized spacial score (nSPS) is 18.1. The maximum absolute atomic E-state index is 15.0. The number of carboxylic acid groups (broad SMARTS) is 2. The molecule has 141 heavy (non-hydrogen) atoms. The Balaban J connectivity index is 0.887. The number of aliphatic hydroxyl groups is 3. The lowest BCUT2D eigenvalue weighted by Gasteiger charge is -2.34. The highest BCUT2D eigenvalue weighted by Gasteiger charge is 2.48. The van der Waals surface area contributed by atoms with Gasteiger partial charge in [-0.05, 0) is 112 Å². The Morgan fingerprint density at radius 1 is 0.404 bits per heavy atom. The number of carboxylic acids is 2. The molecule has 4 aliphatic heterocycles. The molecule has 51 nitrogen and oxygen atoms in total. The Kier molecular flexibility index (Phi) is 44.2. The van der Waals surface area contributed by atoms with E-state index in [1.165, 1.54) is 21.6 Å². The summed E-state index contributed by atoms with van der Waals surface area (Å²) < 4.78 is 0. The van der Waals surface area contributed by atoms with Crippen molar-refractivity contribution in [3.63, 3.8) is 0 Å². The van der Waals surface area contributed by atoms with E-state index >= 15 is 0 Å². The highest BCUT2D eigenvalue weighted by Crippen LogP contribution is 2.30. The molecule has 0 spiro atoms. The van der Waals surface area contributed by atoms with Crippen molar-refractivity contribution < 1.29 is 136 Å². The molecule has 21 amide bonds. The van der Waals surface area contributed by atoms with Crippen LogP contribution in [0.3, 0.4) is 0 Å². The third-order valence-electron chi connectivity index (χ3n) is 23.9. The summed E-state index contributed by atoms with van der Waals surface area (Å²) in [5.41, 5.74) is 18.3. The number of carbonyl (C=O) groups is 23. The van der Waals surface area contributed by atoms with Crippen molar-refractivity contribution in [1.29, 1.82) is 0 Å². The van der Waals surface area contributed by atoms with Crippen LogP contribution in [0.4, 0.5) is 0 Å². The fourth-order valence-electron chi connectivity index (χ4n) is 16.6. The standard InChI is InChI=1S/C90H131N23O28/c1-45(2)31-55(103-82(133)58(34-50-37-94-53-20-12-11-19-51(50)53)104-79(130)54(25-26-67(92)117)100-87(138)74(47(5)6)109-83(134)57(33-49-17-9-8-10-18-49)101-76(127)52(91)35-72(122)123)80(131)102-56(32-46(3)4)81(132)105-59(36-73(124)125)77(128)97-39-69(119)95-38-68(118)96-41-71(121)110-27-13-21-63(110)85(136)108-62(44-116)84(135)107-61(43-115)78(129)98-40-70(120)99-48(7)88(139)112-29-15-23-65(112)90(141)113-30-16-24-66(113)89(140)111-28-14-22-64(111)86(137)106-60(42-114)75(93)126/h8-12,17-20,37,45-48,52,54-66,74,94,114-116H,13-16,21-36,38-44,91H2,1-7H3,(H2,92,117)(H2,93,126)(H,95,119)(H,96,118)(H,97,128)(H,98,129)(H,99,120)(H,100,138)(H,101,127)(H,102,131)(H,103,133)(H,104,130)(H,105,132)(H,106,137)(H,107,135)(H,108,136)(H,109,134)(H,122,123)(H,124,125)/t48-,52-,54-,55-,56-,57-,58-,59-,60-,61-,62-,63-,64-,65-,66-,74-/m0/s1. The zero-order chi connectivity index (χ0) is 104. The van der Waals surface area contributed by atoms with Crippen LogP contribution in [0.5, 0.6) is 0 Å². The van der Waals surface area contributed by atoms with Gasteiger partial charge in [0.05, 0.1) is 64.9 Å². The molecule has 3 aromatic rings. The predicted octanol–water partition coefficient (Wildman–Crippen LogP) is -9.51. The van der Waals surface area contributed by atoms with Crippen LogP contribution in [0.2, 0.25) is 0 Å². The molecule has 27 N–H and O–H groups in total. The van der Waals surface area contributed by atoms with Crippen LogP contribution in [0.25, 0.3) is 10.9 Å². The number of aromatic nitrogens is 1. The average Bonchev–Trinajstić information content (AvgIpc) is 1.65. The van der Waals surface area contributed by atoms with E-state index in [0.717, 1.165) is 4.90 Å². The Morgan fingerprint density at radius 2 is 0.823 bits per heavy atom. The summed E-state index contributed by atoms with van der Waals surface area (Å²) in [7, 11) is 0. The van der Waals surface area contributed by atoms with Crippen LogP contribution in [0.1, 0.15) is 149 Å². The molecular formula is C90H131N23O28. The van der Waals surface area contributed by atoms with Gasteiger partial charge in [-0.2, -0.15) is 0 Å². The van der Waals surface area contributed by atoms with Gasteiger partial charge < -0.3 is 147 Å². The van der Waals surface area contributed by atoms with E-state index in [1.807, 2.05) is 0 Å². The van der Waals surface area contributed by atoms with E-state index < -0.39 is 316 Å². The number of benzene rings is 2. The number of amides is 21. The molecule has 51 heteroatoms. The number of hydrogen-bond donors (Lipinski definition) is 24. The zero-order valence-electron chi connectivity index (χ0n) is 79.5. The van der Waals surface area contributed by atoms with Gasteiger partial charge in [-0.15, -0.1) is 0 Å². The van der Waals surface area contributed by atoms with Gasteiger partial charge in [-0.25, -0.2) is 0 Å². The number of nitrogens with one attached hydrogen (secondary N) is 16. The van der Waals surface area contributed by atoms with E-state index in [1.54, 1.807) is 102 Å². The second-order valence-corrected chi connectivity index (χ2v) is 36.1. The molecular weight excluding hydrogens is 1850 g/mol. The number of hydrogen-bond acceptors (Lipinski definition) is 27. The highest BCUT2D eigenvalue weighted by atomic mass is 16.4. The molecule has 774 valence electrons. The summed E-state index contributed by atoms with van der Waals surface area (Å²) in [6, 6.07) is -8.03. The van der Waals surface area contributed by atoms with Crippen LogP contribution < -0.4 is 97.0 Å². The predicted molar refractivity (Wildman–Crippen MR) is 495 cm³/mol. The number of para-hydroxylation sites is 1. The quantitative estimate of drug-likeness (QED) is 0.0250. The molecule has 7 rings (SSSR count). The second kappa shape index (κ2) is 54.8. The Hall–Kier alpha value is -14.4. The lowest BCUT2D eigenvalue weighted by Crippen LogP contribution is -2.61. The van der Waals surface area contributed by atoms with Gasteiger partial charge in [0.15, 0.2) is 0 Å². The first-order valence-electron chi connectivity index (χ1n) is 46.6. The van der Waals surface area contributed by atoms with E-state index in [2.05, 4.69) is 84.7 Å². The molecule has 0 saturated carbocycles. The Bertz CT molecular complexity index is 5040. The number of fused-ring (bicyclic) bond motifs is 1. The van der Waals surface area contributed by atoms with Gasteiger partial charge in [0.1, 0.15) is 90.6 Å². The van der Waals surface area contributed by atoms with Crippen molar-refractivity contribution in [1.82, 2.24) is 104 Å². The molecule has 1 aromatic heterocycles. The highest BCUT2D eigenvalue weighted by molar-refractivity contribution is 6.03. The number of likely N-dealkylation sites (tertiary alicyclic amines) is 4. The molecule has 4 saturated heterocycles. The van der Waals surface area contributed by atoms with Crippen molar-refractivity contribution >= 4 is 147 Å². The van der Waals surface area contributed by atoms with Crippen molar-refractivity contribution in [2.75, 3.05) is 72.2 Å². The van der Waals surface area contributed by atoms with Crippen molar-refractivity contribution in [3.05, 3.63) is 71.9 Å². The number of aliphatic hydroxyl groups excluding tert-OH is 3. The summed E-state index contributed by atoms with van der Waals surface area (Å²) in [5, 5.41) is 85.6. The summed E-state index contributed by atoms with van der Waals surface area (Å²) in [6.07, 6.45) is 0.262. The van der Waals surface area contributed by atoms with Gasteiger partial charge in [0.2, 0.25) is 124 Å². The third kappa shape index (κ3) is 34.3. The topological polar surface area (TPSA) is 781 Å². The van der Waals surface area contributed by atoms with Crippen molar-refractivity contribution in [2.45, 2.75) is 248 Å². The largest absolute Gasteiger partial charge is 0.481 e. The maximum Gasteiger partial charge on any atom is 0.305 e. The lowest BCUT2D eigenvalue weighted by molar-refractivity contribution is -0.151. The first-order valence-corrected chi connectivity index (χ1v) is 46.6. The first kappa shape index (κ1) is 114. The molecule has 0 unspecified atom stereocenters. The second-order valence-electron chi connectivity index (χ2n) is 36.1. The Morgan fingerprint density at radius 3 is 1.37 bits per heavy atom. The minimum atomic E-state index is -1.93. The molecule has 4 aliphatic rings. The van der Waals surface area contributed by atoms with Crippen LogP contribution in [0, 0.1) is 17.8 Å². The summed E-state index contributed by atoms with van der Waals surface area (Å²) >= 11 is 0. The zero-order valence-corrected chi connectivity index (χ0v) is 79.5. The Labute approximate surface area is 810 Å². The number of rotatable bonds is 54. The fraction of sp³-hybridized carbons (Fsp3) is 0.589. The van der Waals surface area contributed by atoms with Gasteiger partial charge in [0.25, 0.3) is 0 Å². The maximum atomic E-state index is 15.0. The molecule has 0 radical (unpaired) electrons. The minimum Gasteiger partial charge on any atom is -0.481 e. The van der Waals surface area contributed by atoms with Gasteiger partial charge in [-0.3, -0.25) is 110 Å². The van der Waals surface area contributed by atoms with Crippen LogP contribution >= 0.6 is 0 Å². The van der Waals surface area contributed by atoms with E-state index in [-0.39, 0.29) is 89.9 Å². The minimum absolute atomic E-state index is 0.0188. The lowest BCUT2D eigenvalue weighted by atomic mass is 9.98. The number of primary amides is 2. The van der Waals surface area contributed by atoms with Crippen molar-refractivity contribution in [3.8, 4) is 0 Å². The molecule has 4 fully saturated rings. The van der Waals surface area contributed by atoms with Crippen LogP contribution in [-0.2, 0) is 123 Å². The molecule has 16 atom stereocenters. The van der Waals surface area contributed by atoms with E-state index in [0.29, 0.717) is 41.3 Å². The number of nitrogens with two attached hydrogens (primary N) is 3. The molecule has 2 aromatic carbocycles. The summed E-state index contributed by atoms with van der Waals surface area (Å²) in [4.78, 5) is 318. The molecule has 0 aliphatic carbocycles. The monoisotopic (exact) mass is 1980 g/mol. The average molecular weight is 1980 g/mol. The van der Waals surface area contributed by atoms with Crippen molar-refractivity contribution in [2.24, 2.45) is 35.0 Å². The number of carbonyl (C=O) groups excluding carboxylic acids is 21. The van der Waals surface area contributed by atoms with Gasteiger partial charge in [-0.1, -0.05) is 90.1 Å². The van der Waals surface area contributed by atoms with Gasteiger partial charge in [0, 0.05) is 62.5 Å². The van der Waals surface area contributed by atoms with Crippen LogP contribution in [0.15, 0.2) is 60.8 Å². The fourth-order valence-corrected chi connectivity index (χ4v) is 16.6. The number of aliphatic carboxylic acids is 2. The number of nitrogens with zero attached hydrogens (tertiary/aromatic N) is 4. The van der Waals surface area contributed by atoms with E-state index in [9.17, 15) is 136 Å². The first-order chi connectivity index (χ1) is 66.7. The summed E-state index contributed by atoms with van der Waals surface area (Å²) in [5.74, 6) is -24.1. The third-order valence-corrected chi connectivity index (χ3v) is 23.9.